The van der Waals surface area contributed by atoms with Crippen LogP contribution in [0.25, 0.3) is 0 Å². The van der Waals surface area contributed by atoms with Crippen LogP contribution in [0.1, 0.15) is 96.2 Å². The number of imide groups is 1. The average Bonchev–Trinajstić information content (AvgIpc) is 2.87. The first-order chi connectivity index (χ1) is 17.6. The molecule has 0 radical (unpaired) electrons. The van der Waals surface area contributed by atoms with Crippen molar-refractivity contribution in [3.63, 3.8) is 0 Å². The lowest BCUT2D eigenvalue weighted by molar-refractivity contribution is -0.144. The van der Waals surface area contributed by atoms with Crippen LogP contribution in [0.5, 0.6) is 0 Å². The summed E-state index contributed by atoms with van der Waals surface area (Å²) in [5, 5.41) is 12.6. The molecule has 0 spiro atoms. The highest BCUT2D eigenvalue weighted by Gasteiger charge is 2.34. The summed E-state index contributed by atoms with van der Waals surface area (Å²) in [6, 6.07) is 18.3. The third kappa shape index (κ3) is 10.8. The van der Waals surface area contributed by atoms with Gasteiger partial charge in [0.25, 0.3) is 0 Å². The lowest BCUT2D eigenvalue weighted by Gasteiger charge is -2.32. The van der Waals surface area contributed by atoms with Gasteiger partial charge in [0, 0.05) is 12.5 Å². The number of carbonyl (C=O) groups excluding carboxylic acids is 2. The minimum absolute atomic E-state index is 0.195. The molecule has 37 heavy (non-hydrogen) atoms. The Balaban J connectivity index is 2.27. The second-order valence-corrected chi connectivity index (χ2v) is 11.0. The maximum atomic E-state index is 13.7. The Kier molecular flexibility index (Phi) is 12.3. The summed E-state index contributed by atoms with van der Waals surface area (Å²) in [6.07, 6.45) is 6.48. The number of carboxylic acids is 1. The number of carbonyl (C=O) groups is 3. The SMILES string of the molecule is CCCCCCCC[C@H](CC(=O)O)C(=O)N(CC(C)(C)C)C(=O)NC(c1ccccc1)c1ccccc1. The van der Waals surface area contributed by atoms with Gasteiger partial charge in [-0.25, -0.2) is 4.79 Å². The maximum absolute atomic E-state index is 13.7. The standard InChI is InChI=1S/C31H44N2O4/c1-5-6-7-8-9-12-21-26(22-27(34)35)29(36)33(23-31(2,3)4)30(37)32-28(24-17-13-10-14-18-24)25-19-15-11-16-20-25/h10-11,13-20,26,28H,5-9,12,21-23H2,1-4H3,(H,32,37)(H,34,35)/t26-/m1/s1. The molecule has 2 aromatic carbocycles. The van der Waals surface area contributed by atoms with Crippen molar-refractivity contribution in [3.8, 4) is 0 Å². The van der Waals surface area contributed by atoms with Gasteiger partial charge in [-0.15, -0.1) is 0 Å². The number of rotatable bonds is 14. The van der Waals surface area contributed by atoms with Crippen LogP contribution in [0.2, 0.25) is 0 Å². The fraction of sp³-hybridized carbons (Fsp3) is 0.516. The summed E-state index contributed by atoms with van der Waals surface area (Å²) < 4.78 is 0. The van der Waals surface area contributed by atoms with Gasteiger partial charge in [-0.2, -0.15) is 0 Å². The number of urea groups is 1. The molecule has 0 bridgehead atoms. The van der Waals surface area contributed by atoms with Crippen molar-refractivity contribution >= 4 is 17.9 Å². The van der Waals surface area contributed by atoms with E-state index in [2.05, 4.69) is 12.2 Å². The summed E-state index contributed by atoms with van der Waals surface area (Å²) in [5.41, 5.74) is 1.45. The van der Waals surface area contributed by atoms with Crippen LogP contribution in [-0.4, -0.2) is 34.5 Å². The summed E-state index contributed by atoms with van der Waals surface area (Å²) >= 11 is 0. The van der Waals surface area contributed by atoms with Gasteiger partial charge in [-0.05, 0) is 23.0 Å². The van der Waals surface area contributed by atoms with E-state index in [-0.39, 0.29) is 18.4 Å². The molecular weight excluding hydrogens is 464 g/mol. The van der Waals surface area contributed by atoms with Crippen molar-refractivity contribution in [3.05, 3.63) is 71.8 Å². The Morgan fingerprint density at radius 3 is 1.84 bits per heavy atom. The second kappa shape index (κ2) is 15.2. The highest BCUT2D eigenvalue weighted by molar-refractivity contribution is 5.97. The van der Waals surface area contributed by atoms with Gasteiger partial charge in [0.1, 0.15) is 0 Å². The maximum Gasteiger partial charge on any atom is 0.324 e. The van der Waals surface area contributed by atoms with E-state index in [4.69, 9.17) is 0 Å². The Labute approximate surface area is 222 Å². The summed E-state index contributed by atoms with van der Waals surface area (Å²) in [6.45, 7) is 8.25. The number of aliphatic carboxylic acids is 1. The smallest absolute Gasteiger partial charge is 0.324 e. The molecule has 0 aliphatic carbocycles. The molecule has 2 rings (SSSR count). The molecule has 6 heteroatoms. The minimum Gasteiger partial charge on any atom is -0.481 e. The largest absolute Gasteiger partial charge is 0.481 e. The van der Waals surface area contributed by atoms with Crippen LogP contribution in [0.4, 0.5) is 4.79 Å². The van der Waals surface area contributed by atoms with Crippen LogP contribution in [-0.2, 0) is 9.59 Å². The normalized spacial score (nSPS) is 12.2. The first-order valence-corrected chi connectivity index (χ1v) is 13.6. The van der Waals surface area contributed by atoms with Gasteiger partial charge in [0.15, 0.2) is 0 Å². The molecule has 0 aliphatic rings. The third-order valence-electron chi connectivity index (χ3n) is 6.35. The second-order valence-electron chi connectivity index (χ2n) is 11.0. The average molecular weight is 509 g/mol. The number of benzene rings is 2. The highest BCUT2D eigenvalue weighted by atomic mass is 16.4. The molecule has 6 nitrogen and oxygen atoms in total. The number of nitrogens with one attached hydrogen (secondary N) is 1. The van der Waals surface area contributed by atoms with Gasteiger partial charge in [0.05, 0.1) is 12.5 Å². The van der Waals surface area contributed by atoms with Crippen molar-refractivity contribution in [2.24, 2.45) is 11.3 Å². The van der Waals surface area contributed by atoms with Crippen molar-refractivity contribution in [1.82, 2.24) is 10.2 Å². The molecule has 0 fully saturated rings. The quantitative estimate of drug-likeness (QED) is 0.264. The molecule has 202 valence electrons. The van der Waals surface area contributed by atoms with E-state index in [1.165, 1.54) is 11.3 Å². The van der Waals surface area contributed by atoms with E-state index in [9.17, 15) is 19.5 Å². The molecular formula is C31H44N2O4. The molecule has 0 aromatic heterocycles. The lowest BCUT2D eigenvalue weighted by atomic mass is 9.92. The van der Waals surface area contributed by atoms with Gasteiger partial charge in [-0.1, -0.05) is 127 Å². The lowest BCUT2D eigenvalue weighted by Crippen LogP contribution is -2.50. The molecule has 0 heterocycles. The van der Waals surface area contributed by atoms with Crippen molar-refractivity contribution < 1.29 is 19.5 Å². The van der Waals surface area contributed by atoms with Crippen molar-refractivity contribution in [2.75, 3.05) is 6.54 Å². The molecule has 1 atom stereocenters. The van der Waals surface area contributed by atoms with Crippen molar-refractivity contribution in [2.45, 2.75) is 85.1 Å². The molecule has 3 amide bonds. The summed E-state index contributed by atoms with van der Waals surface area (Å²) in [4.78, 5) is 40.3. The van der Waals surface area contributed by atoms with Gasteiger partial charge >= 0.3 is 12.0 Å². The molecule has 0 aliphatic heterocycles. The van der Waals surface area contributed by atoms with Gasteiger partial charge < -0.3 is 10.4 Å². The fourth-order valence-electron chi connectivity index (χ4n) is 4.49. The molecule has 2 N–H and O–H groups in total. The van der Waals surface area contributed by atoms with Gasteiger partial charge in [0.2, 0.25) is 5.91 Å². The number of nitrogens with zero attached hydrogens (tertiary/aromatic N) is 1. The topological polar surface area (TPSA) is 86.7 Å². The predicted octanol–water partition coefficient (Wildman–Crippen LogP) is 7.20. The van der Waals surface area contributed by atoms with E-state index in [0.29, 0.717) is 6.42 Å². The highest BCUT2D eigenvalue weighted by Crippen LogP contribution is 2.25. The first kappa shape index (κ1) is 30.1. The summed E-state index contributed by atoms with van der Waals surface area (Å²) in [7, 11) is 0. The van der Waals surface area contributed by atoms with E-state index in [1.54, 1.807) is 0 Å². The van der Waals surface area contributed by atoms with Gasteiger partial charge in [-0.3, -0.25) is 14.5 Å². The van der Waals surface area contributed by atoms with Crippen molar-refractivity contribution in [1.29, 1.82) is 0 Å². The van der Waals surface area contributed by atoms with Crippen LogP contribution < -0.4 is 5.32 Å². The molecule has 0 saturated heterocycles. The monoisotopic (exact) mass is 508 g/mol. The number of hydrogen-bond donors (Lipinski definition) is 2. The van der Waals surface area contributed by atoms with Crippen LogP contribution >= 0.6 is 0 Å². The number of carboxylic acid groups (broad SMARTS) is 1. The third-order valence-corrected chi connectivity index (χ3v) is 6.35. The van der Waals surface area contributed by atoms with E-state index < -0.39 is 29.9 Å². The predicted molar refractivity (Wildman–Crippen MR) is 148 cm³/mol. The Morgan fingerprint density at radius 2 is 1.35 bits per heavy atom. The zero-order chi connectivity index (χ0) is 27.3. The zero-order valence-corrected chi connectivity index (χ0v) is 22.9. The van der Waals surface area contributed by atoms with Crippen LogP contribution in [0.15, 0.2) is 60.7 Å². The number of hydrogen-bond acceptors (Lipinski definition) is 3. The summed E-state index contributed by atoms with van der Waals surface area (Å²) in [5.74, 6) is -2.17. The fourth-order valence-corrected chi connectivity index (χ4v) is 4.49. The van der Waals surface area contributed by atoms with E-state index in [0.717, 1.165) is 43.2 Å². The minimum atomic E-state index is -1.02. The molecule has 2 aromatic rings. The Hall–Kier alpha value is -3.15. The first-order valence-electron chi connectivity index (χ1n) is 13.6. The van der Waals surface area contributed by atoms with Crippen LogP contribution in [0, 0.1) is 11.3 Å². The van der Waals surface area contributed by atoms with E-state index in [1.807, 2.05) is 81.4 Å². The Morgan fingerprint density at radius 1 is 0.838 bits per heavy atom. The number of unbranched alkanes of at least 4 members (excludes halogenated alkanes) is 5. The molecule has 0 saturated carbocycles. The zero-order valence-electron chi connectivity index (χ0n) is 22.9. The van der Waals surface area contributed by atoms with Crippen LogP contribution in [0.3, 0.4) is 0 Å². The van der Waals surface area contributed by atoms with E-state index >= 15 is 0 Å². The number of amides is 3. The molecule has 0 unspecified atom stereocenters. The Bertz CT molecular complexity index is 930.